The van der Waals surface area contributed by atoms with E-state index in [1.165, 1.54) is 24.0 Å². The molecule has 25 heavy (non-hydrogen) atoms. The van der Waals surface area contributed by atoms with E-state index >= 15 is 0 Å². The van der Waals surface area contributed by atoms with E-state index in [1.54, 1.807) is 0 Å². The first-order valence-electron chi connectivity index (χ1n) is 9.14. The van der Waals surface area contributed by atoms with Crippen molar-refractivity contribution in [2.24, 2.45) is 0 Å². The molecule has 0 radical (unpaired) electrons. The zero-order valence-corrected chi connectivity index (χ0v) is 15.9. The van der Waals surface area contributed by atoms with Gasteiger partial charge in [-0.2, -0.15) is 0 Å². The first-order chi connectivity index (χ1) is 12.0. The molecule has 134 valence electrons. The van der Waals surface area contributed by atoms with Gasteiger partial charge in [-0.1, -0.05) is 55.0 Å². The van der Waals surface area contributed by atoms with E-state index in [2.05, 4.69) is 22.9 Å². The van der Waals surface area contributed by atoms with E-state index in [-0.39, 0.29) is 11.8 Å². The average Bonchev–Trinajstić information content (AvgIpc) is 2.59. The fourth-order valence-electron chi connectivity index (χ4n) is 3.64. The van der Waals surface area contributed by atoms with Crippen LogP contribution in [0.4, 0.5) is 0 Å². The predicted molar refractivity (Wildman–Crippen MR) is 103 cm³/mol. The van der Waals surface area contributed by atoms with Crippen LogP contribution in [0.1, 0.15) is 60.0 Å². The lowest BCUT2D eigenvalue weighted by atomic mass is 9.89. The van der Waals surface area contributed by atoms with Gasteiger partial charge in [0.25, 0.3) is 0 Å². The van der Waals surface area contributed by atoms with Crippen LogP contribution >= 0.6 is 0 Å². The minimum atomic E-state index is -3.38. The molecule has 3 rings (SSSR count). The van der Waals surface area contributed by atoms with Gasteiger partial charge < -0.3 is 0 Å². The molecule has 0 heterocycles. The van der Waals surface area contributed by atoms with Crippen molar-refractivity contribution in [3.05, 3.63) is 70.3 Å². The molecule has 0 saturated carbocycles. The molecule has 0 unspecified atom stereocenters. The molecule has 1 atom stereocenters. The highest BCUT2D eigenvalue weighted by atomic mass is 32.2. The first kappa shape index (κ1) is 18.2. The van der Waals surface area contributed by atoms with Crippen LogP contribution in [0.2, 0.25) is 0 Å². The Kier molecular flexibility index (Phi) is 5.60. The molecule has 1 aliphatic carbocycles. The quantitative estimate of drug-likeness (QED) is 0.830. The van der Waals surface area contributed by atoms with Crippen LogP contribution < -0.4 is 4.72 Å². The summed E-state index contributed by atoms with van der Waals surface area (Å²) in [6.45, 7) is 4.00. The summed E-state index contributed by atoms with van der Waals surface area (Å²) in [5.74, 6) is 0.0239. The first-order valence-corrected chi connectivity index (χ1v) is 10.8. The fraction of sp³-hybridized carbons (Fsp3) is 0.429. The second-order valence-corrected chi connectivity index (χ2v) is 8.82. The third-order valence-corrected chi connectivity index (χ3v) is 6.30. The fourth-order valence-corrected chi connectivity index (χ4v) is 5.07. The number of nitrogens with one attached hydrogen (secondary N) is 1. The van der Waals surface area contributed by atoms with Gasteiger partial charge in [0.1, 0.15) is 0 Å². The van der Waals surface area contributed by atoms with Gasteiger partial charge in [0.15, 0.2) is 0 Å². The van der Waals surface area contributed by atoms with Crippen LogP contribution in [0.5, 0.6) is 0 Å². The molecule has 1 N–H and O–H groups in total. The highest BCUT2D eigenvalue weighted by molar-refractivity contribution is 7.88. The molecular formula is C21H27NO2S. The summed E-state index contributed by atoms with van der Waals surface area (Å²) in [5.41, 5.74) is 5.80. The van der Waals surface area contributed by atoms with Gasteiger partial charge in [-0.3, -0.25) is 0 Å². The van der Waals surface area contributed by atoms with E-state index in [0.29, 0.717) is 0 Å². The highest BCUT2D eigenvalue weighted by Gasteiger charge is 2.20. The Bertz CT molecular complexity index is 843. The van der Waals surface area contributed by atoms with Crippen molar-refractivity contribution < 1.29 is 8.42 Å². The third kappa shape index (κ3) is 4.71. The van der Waals surface area contributed by atoms with Gasteiger partial charge in [-0.05, 0) is 61.3 Å². The lowest BCUT2D eigenvalue weighted by Crippen LogP contribution is -2.29. The topological polar surface area (TPSA) is 46.2 Å². The van der Waals surface area contributed by atoms with E-state index in [4.69, 9.17) is 0 Å². The van der Waals surface area contributed by atoms with Crippen LogP contribution in [0.3, 0.4) is 0 Å². The van der Waals surface area contributed by atoms with Crippen LogP contribution in [-0.4, -0.2) is 8.42 Å². The zero-order chi connectivity index (χ0) is 17.9. The zero-order valence-electron chi connectivity index (χ0n) is 15.1. The minimum absolute atomic E-state index is 0.0239. The monoisotopic (exact) mass is 357 g/mol. The molecule has 0 spiro atoms. The largest absolute Gasteiger partial charge is 0.216 e. The number of aryl methyl sites for hydroxylation is 3. The Balaban J connectivity index is 1.77. The number of sulfonamides is 1. The van der Waals surface area contributed by atoms with Gasteiger partial charge in [-0.25, -0.2) is 13.1 Å². The predicted octanol–water partition coefficient (Wildman–Crippen LogP) is 4.44. The summed E-state index contributed by atoms with van der Waals surface area (Å²) in [6, 6.07) is 14.0. The van der Waals surface area contributed by atoms with Gasteiger partial charge in [0.05, 0.1) is 5.75 Å². The van der Waals surface area contributed by atoms with E-state index < -0.39 is 10.0 Å². The van der Waals surface area contributed by atoms with Gasteiger partial charge >= 0.3 is 0 Å². The van der Waals surface area contributed by atoms with E-state index in [1.807, 2.05) is 38.1 Å². The SMILES string of the molecule is CC[C@@H](NS(=O)(=O)Cc1cccc(C)c1)c1ccc2c(c1)CCCC2. The molecule has 2 aromatic rings. The lowest BCUT2D eigenvalue weighted by Gasteiger charge is -2.21. The van der Waals surface area contributed by atoms with Gasteiger partial charge in [0.2, 0.25) is 10.0 Å². The molecule has 0 amide bonds. The maximum atomic E-state index is 12.6. The molecule has 0 aliphatic heterocycles. The molecule has 4 heteroatoms. The molecule has 3 nitrogen and oxygen atoms in total. The van der Waals surface area contributed by atoms with Gasteiger partial charge in [0, 0.05) is 6.04 Å². The highest BCUT2D eigenvalue weighted by Crippen LogP contribution is 2.26. The average molecular weight is 358 g/mol. The molecule has 0 aromatic heterocycles. The van der Waals surface area contributed by atoms with Crippen LogP contribution in [0.25, 0.3) is 0 Å². The maximum Gasteiger partial charge on any atom is 0.216 e. The Morgan fingerprint density at radius 3 is 2.52 bits per heavy atom. The van der Waals surface area contributed by atoms with Crippen LogP contribution in [0.15, 0.2) is 42.5 Å². The Morgan fingerprint density at radius 1 is 1.04 bits per heavy atom. The summed E-state index contributed by atoms with van der Waals surface area (Å²) in [5, 5.41) is 0. The minimum Gasteiger partial charge on any atom is -0.212 e. The molecule has 1 aliphatic rings. The van der Waals surface area contributed by atoms with Crippen molar-refractivity contribution in [2.75, 3.05) is 0 Å². The Labute approximate surface area is 151 Å². The lowest BCUT2D eigenvalue weighted by molar-refractivity contribution is 0.548. The summed E-state index contributed by atoms with van der Waals surface area (Å²) in [6.07, 6.45) is 5.48. The van der Waals surface area contributed by atoms with Crippen molar-refractivity contribution >= 4 is 10.0 Å². The Hall–Kier alpha value is -1.65. The normalized spacial score (nSPS) is 15.6. The second-order valence-electron chi connectivity index (χ2n) is 7.06. The van der Waals surface area contributed by atoms with Crippen molar-refractivity contribution in [3.63, 3.8) is 0 Å². The molecule has 0 saturated heterocycles. The summed E-state index contributed by atoms with van der Waals surface area (Å²) >= 11 is 0. The number of rotatable bonds is 6. The number of fused-ring (bicyclic) bond motifs is 1. The smallest absolute Gasteiger partial charge is 0.212 e. The summed E-state index contributed by atoms with van der Waals surface area (Å²) in [7, 11) is -3.38. The number of hydrogen-bond donors (Lipinski definition) is 1. The van der Waals surface area contributed by atoms with E-state index in [9.17, 15) is 8.42 Å². The van der Waals surface area contributed by atoms with E-state index in [0.717, 1.165) is 36.0 Å². The molecule has 2 aromatic carbocycles. The molecule has 0 bridgehead atoms. The van der Waals surface area contributed by atoms with Crippen LogP contribution in [0, 0.1) is 6.92 Å². The number of benzene rings is 2. The number of hydrogen-bond acceptors (Lipinski definition) is 2. The molecular weight excluding hydrogens is 330 g/mol. The third-order valence-electron chi connectivity index (χ3n) is 4.94. The maximum absolute atomic E-state index is 12.6. The van der Waals surface area contributed by atoms with Crippen molar-refractivity contribution in [3.8, 4) is 0 Å². The summed E-state index contributed by atoms with van der Waals surface area (Å²) in [4.78, 5) is 0. The molecule has 0 fully saturated rings. The van der Waals surface area contributed by atoms with Crippen molar-refractivity contribution in [1.82, 2.24) is 4.72 Å². The van der Waals surface area contributed by atoms with Crippen molar-refractivity contribution in [2.45, 2.75) is 57.7 Å². The standard InChI is InChI=1S/C21H27NO2S/c1-3-21(20-12-11-18-9-4-5-10-19(18)14-20)22-25(23,24)15-17-8-6-7-16(2)13-17/h6-8,11-14,21-22H,3-5,9-10,15H2,1-2H3/t21-/m1/s1. The Morgan fingerprint density at radius 2 is 1.80 bits per heavy atom. The van der Waals surface area contributed by atoms with Crippen molar-refractivity contribution in [1.29, 1.82) is 0 Å². The van der Waals surface area contributed by atoms with Gasteiger partial charge in [-0.15, -0.1) is 0 Å². The second kappa shape index (κ2) is 7.71. The van der Waals surface area contributed by atoms with Crippen LogP contribution in [-0.2, 0) is 28.6 Å². The summed E-state index contributed by atoms with van der Waals surface area (Å²) < 4.78 is 28.2.